The summed E-state index contributed by atoms with van der Waals surface area (Å²) in [6, 6.07) is 19.6. The van der Waals surface area contributed by atoms with Gasteiger partial charge >= 0.3 is 0 Å². The van der Waals surface area contributed by atoms with E-state index < -0.39 is 0 Å². The van der Waals surface area contributed by atoms with Crippen LogP contribution in [0.1, 0.15) is 35.8 Å². The van der Waals surface area contributed by atoms with E-state index in [1.165, 1.54) is 5.56 Å². The van der Waals surface area contributed by atoms with Gasteiger partial charge < -0.3 is 16.0 Å². The number of nitrogens with one attached hydrogen (secondary N) is 3. The molecule has 0 heterocycles. The van der Waals surface area contributed by atoms with Crippen molar-refractivity contribution in [3.05, 3.63) is 71.8 Å². The quantitative estimate of drug-likeness (QED) is 0.254. The molecule has 0 radical (unpaired) electrons. The van der Waals surface area contributed by atoms with Gasteiger partial charge in [-0.15, -0.1) is 24.0 Å². The summed E-state index contributed by atoms with van der Waals surface area (Å²) in [5.41, 5.74) is 1.86. The molecule has 2 aromatic rings. The van der Waals surface area contributed by atoms with Gasteiger partial charge in [-0.25, -0.2) is 0 Å². The number of nitrogens with zero attached hydrogens (tertiary/aromatic N) is 1. The first-order chi connectivity index (χ1) is 12.2. The van der Waals surface area contributed by atoms with Crippen molar-refractivity contribution < 1.29 is 4.79 Å². The Hall–Kier alpha value is -2.09. The summed E-state index contributed by atoms with van der Waals surface area (Å²) >= 11 is 0. The normalized spacial score (nSPS) is 11.8. The van der Waals surface area contributed by atoms with Gasteiger partial charge in [-0.05, 0) is 31.5 Å². The van der Waals surface area contributed by atoms with E-state index in [0.29, 0.717) is 18.7 Å². The fraction of sp³-hybridized carbons (Fsp3) is 0.300. The average molecular weight is 466 g/mol. The minimum absolute atomic E-state index is 0. The van der Waals surface area contributed by atoms with Gasteiger partial charge in [0.25, 0.3) is 5.91 Å². The predicted molar refractivity (Wildman–Crippen MR) is 118 cm³/mol. The maximum Gasteiger partial charge on any atom is 0.251 e. The number of guanidine groups is 1. The molecule has 140 valence electrons. The van der Waals surface area contributed by atoms with E-state index in [1.54, 1.807) is 12.1 Å². The second-order valence-electron chi connectivity index (χ2n) is 5.66. The standard InChI is InChI=1S/C20H26N4O.HI/c1-3-21-20(24-16(2)17-10-6-4-7-11-17)23-15-14-22-19(25)18-12-8-5-9-13-18;/h4-13,16H,3,14-15H2,1-2H3,(H,22,25)(H2,21,23,24);1H. The number of hydrogen-bond donors (Lipinski definition) is 3. The number of hydrogen-bond acceptors (Lipinski definition) is 2. The molecule has 0 saturated heterocycles. The molecule has 0 fully saturated rings. The zero-order valence-corrected chi connectivity index (χ0v) is 17.6. The molecule has 0 aliphatic rings. The van der Waals surface area contributed by atoms with Gasteiger partial charge in [0.15, 0.2) is 5.96 Å². The van der Waals surface area contributed by atoms with E-state index in [-0.39, 0.29) is 35.9 Å². The van der Waals surface area contributed by atoms with Gasteiger partial charge in [-0.3, -0.25) is 9.79 Å². The molecule has 2 aromatic carbocycles. The van der Waals surface area contributed by atoms with Crippen LogP contribution in [0.2, 0.25) is 0 Å². The fourth-order valence-electron chi connectivity index (χ4n) is 2.38. The van der Waals surface area contributed by atoms with Crippen molar-refractivity contribution in [2.24, 2.45) is 4.99 Å². The molecule has 0 aliphatic heterocycles. The molecule has 5 nitrogen and oxygen atoms in total. The Bertz CT molecular complexity index is 677. The Balaban J connectivity index is 0.00000338. The highest BCUT2D eigenvalue weighted by Crippen LogP contribution is 2.10. The molecule has 0 aromatic heterocycles. The van der Waals surface area contributed by atoms with E-state index in [9.17, 15) is 4.79 Å². The number of halogens is 1. The molecule has 1 amide bonds. The third-order valence-electron chi connectivity index (χ3n) is 3.70. The van der Waals surface area contributed by atoms with Crippen LogP contribution < -0.4 is 16.0 Å². The summed E-state index contributed by atoms with van der Waals surface area (Å²) < 4.78 is 0. The van der Waals surface area contributed by atoms with Crippen LogP contribution in [0.4, 0.5) is 0 Å². The Morgan fingerprint density at radius 2 is 1.62 bits per heavy atom. The molecule has 6 heteroatoms. The molecule has 0 saturated carbocycles. The molecule has 0 bridgehead atoms. The molecular formula is C20H27IN4O. The van der Waals surface area contributed by atoms with Gasteiger partial charge in [-0.2, -0.15) is 0 Å². The SMILES string of the molecule is CCNC(=NCCNC(=O)c1ccccc1)NC(C)c1ccccc1.I. The van der Waals surface area contributed by atoms with Gasteiger partial charge in [-0.1, -0.05) is 48.5 Å². The number of carbonyl (C=O) groups excluding carboxylic acids is 1. The van der Waals surface area contributed by atoms with Crippen molar-refractivity contribution in [1.82, 2.24) is 16.0 Å². The first-order valence-electron chi connectivity index (χ1n) is 8.63. The van der Waals surface area contributed by atoms with Gasteiger partial charge in [0.1, 0.15) is 0 Å². The Labute approximate surface area is 172 Å². The molecule has 0 spiro atoms. The maximum absolute atomic E-state index is 12.0. The molecular weight excluding hydrogens is 439 g/mol. The molecule has 0 aliphatic carbocycles. The number of carbonyl (C=O) groups is 1. The van der Waals surface area contributed by atoms with Crippen molar-refractivity contribution in [3.63, 3.8) is 0 Å². The van der Waals surface area contributed by atoms with E-state index in [1.807, 2.05) is 43.3 Å². The lowest BCUT2D eigenvalue weighted by Crippen LogP contribution is -2.39. The highest BCUT2D eigenvalue weighted by molar-refractivity contribution is 14.0. The van der Waals surface area contributed by atoms with Crippen LogP contribution in [-0.4, -0.2) is 31.5 Å². The summed E-state index contributed by atoms with van der Waals surface area (Å²) in [6.45, 7) is 5.91. The van der Waals surface area contributed by atoms with Gasteiger partial charge in [0.2, 0.25) is 0 Å². The third-order valence-corrected chi connectivity index (χ3v) is 3.70. The first-order valence-corrected chi connectivity index (χ1v) is 8.63. The Morgan fingerprint density at radius 3 is 2.23 bits per heavy atom. The summed E-state index contributed by atoms with van der Waals surface area (Å²) in [7, 11) is 0. The van der Waals surface area contributed by atoms with E-state index >= 15 is 0 Å². The third kappa shape index (κ3) is 7.43. The minimum atomic E-state index is -0.0774. The first kappa shape index (κ1) is 22.0. The molecule has 1 unspecified atom stereocenters. The predicted octanol–water partition coefficient (Wildman–Crippen LogP) is 3.35. The zero-order chi connectivity index (χ0) is 17.9. The largest absolute Gasteiger partial charge is 0.357 e. The van der Waals surface area contributed by atoms with Crippen LogP contribution in [0.15, 0.2) is 65.7 Å². The number of rotatable bonds is 7. The van der Waals surface area contributed by atoms with Crippen molar-refractivity contribution in [2.45, 2.75) is 19.9 Å². The second-order valence-corrected chi connectivity index (χ2v) is 5.66. The van der Waals surface area contributed by atoms with Crippen molar-refractivity contribution in [2.75, 3.05) is 19.6 Å². The summed E-state index contributed by atoms with van der Waals surface area (Å²) in [6.07, 6.45) is 0. The Kier molecular flexibility index (Phi) is 10.4. The highest BCUT2D eigenvalue weighted by Gasteiger charge is 2.07. The van der Waals surface area contributed by atoms with Crippen molar-refractivity contribution >= 4 is 35.8 Å². The fourth-order valence-corrected chi connectivity index (χ4v) is 2.38. The molecule has 2 rings (SSSR count). The van der Waals surface area contributed by atoms with Gasteiger partial charge in [0, 0.05) is 18.7 Å². The Morgan fingerprint density at radius 1 is 1.00 bits per heavy atom. The second kappa shape index (κ2) is 12.3. The number of benzene rings is 2. The van der Waals surface area contributed by atoms with Crippen LogP contribution in [0.3, 0.4) is 0 Å². The molecule has 1 atom stereocenters. The monoisotopic (exact) mass is 466 g/mol. The van der Waals surface area contributed by atoms with Crippen LogP contribution in [0, 0.1) is 0 Å². The minimum Gasteiger partial charge on any atom is -0.357 e. The summed E-state index contributed by atoms with van der Waals surface area (Å²) in [4.78, 5) is 16.5. The lowest BCUT2D eigenvalue weighted by Gasteiger charge is -2.18. The van der Waals surface area contributed by atoms with Crippen LogP contribution in [0.5, 0.6) is 0 Å². The number of amides is 1. The van der Waals surface area contributed by atoms with E-state index in [4.69, 9.17) is 0 Å². The van der Waals surface area contributed by atoms with Crippen LogP contribution >= 0.6 is 24.0 Å². The van der Waals surface area contributed by atoms with Crippen LogP contribution in [-0.2, 0) is 0 Å². The zero-order valence-electron chi connectivity index (χ0n) is 15.2. The lowest BCUT2D eigenvalue weighted by molar-refractivity contribution is 0.0955. The summed E-state index contributed by atoms with van der Waals surface area (Å²) in [5, 5.41) is 9.49. The molecule has 26 heavy (non-hydrogen) atoms. The molecule has 3 N–H and O–H groups in total. The van der Waals surface area contributed by atoms with Crippen molar-refractivity contribution in [3.8, 4) is 0 Å². The van der Waals surface area contributed by atoms with Crippen LogP contribution in [0.25, 0.3) is 0 Å². The summed E-state index contributed by atoms with van der Waals surface area (Å²) in [5.74, 6) is 0.666. The van der Waals surface area contributed by atoms with Gasteiger partial charge in [0.05, 0.1) is 12.6 Å². The average Bonchev–Trinajstić information content (AvgIpc) is 2.66. The topological polar surface area (TPSA) is 65.5 Å². The maximum atomic E-state index is 12.0. The number of aliphatic imine (C=N–C) groups is 1. The van der Waals surface area contributed by atoms with E-state index in [0.717, 1.165) is 12.5 Å². The smallest absolute Gasteiger partial charge is 0.251 e. The van der Waals surface area contributed by atoms with Crippen molar-refractivity contribution in [1.29, 1.82) is 0 Å². The lowest BCUT2D eigenvalue weighted by atomic mass is 10.1. The van der Waals surface area contributed by atoms with E-state index in [2.05, 4.69) is 40.0 Å². The highest BCUT2D eigenvalue weighted by atomic mass is 127.